The van der Waals surface area contributed by atoms with Gasteiger partial charge in [-0.05, 0) is 54.1 Å². The van der Waals surface area contributed by atoms with E-state index in [0.29, 0.717) is 11.1 Å². The molecule has 0 amide bonds. The first-order valence-corrected chi connectivity index (χ1v) is 16.2. The molecular formula is C44H28N5+. The second-order valence-electron chi connectivity index (χ2n) is 12.1. The van der Waals surface area contributed by atoms with Gasteiger partial charge in [0.2, 0.25) is 0 Å². The van der Waals surface area contributed by atoms with E-state index in [4.69, 9.17) is 0 Å². The average molecular weight is 627 g/mol. The van der Waals surface area contributed by atoms with E-state index in [1.54, 1.807) is 0 Å². The van der Waals surface area contributed by atoms with Crippen LogP contribution in [0, 0.1) is 22.7 Å². The van der Waals surface area contributed by atoms with Gasteiger partial charge in [0, 0.05) is 39.4 Å². The predicted molar refractivity (Wildman–Crippen MR) is 198 cm³/mol. The van der Waals surface area contributed by atoms with Crippen LogP contribution in [-0.4, -0.2) is 9.13 Å². The quantitative estimate of drug-likeness (QED) is 0.193. The molecule has 0 aliphatic carbocycles. The molecule has 0 atom stereocenters. The molecule has 2 heterocycles. The minimum Gasteiger partial charge on any atom is -0.308 e. The second-order valence-corrected chi connectivity index (χ2v) is 12.1. The first-order valence-electron chi connectivity index (χ1n) is 16.2. The Labute approximate surface area is 282 Å². The third-order valence-corrected chi connectivity index (χ3v) is 9.49. The molecule has 5 heteroatoms. The highest BCUT2D eigenvalue weighted by molar-refractivity contribution is 6.27. The van der Waals surface area contributed by atoms with E-state index < -0.39 is 0 Å². The van der Waals surface area contributed by atoms with Crippen LogP contribution in [0.1, 0.15) is 11.1 Å². The molecule has 0 spiro atoms. The summed E-state index contributed by atoms with van der Waals surface area (Å²) >= 11 is 0. The summed E-state index contributed by atoms with van der Waals surface area (Å²) in [5, 5.41) is 26.7. The minimum atomic E-state index is 0.623. The number of nitrogens with two attached hydrogens (primary N) is 1. The van der Waals surface area contributed by atoms with Gasteiger partial charge in [-0.25, -0.2) is 0 Å². The number of para-hydroxylation sites is 4. The van der Waals surface area contributed by atoms with Gasteiger partial charge >= 0.3 is 0 Å². The molecule has 5 nitrogen and oxygen atoms in total. The van der Waals surface area contributed by atoms with Crippen LogP contribution >= 0.6 is 0 Å². The molecule has 49 heavy (non-hydrogen) atoms. The zero-order valence-electron chi connectivity index (χ0n) is 26.4. The molecular weight excluding hydrogens is 599 g/mol. The van der Waals surface area contributed by atoms with Gasteiger partial charge in [0.1, 0.15) is 23.4 Å². The van der Waals surface area contributed by atoms with E-state index in [-0.39, 0.29) is 0 Å². The monoisotopic (exact) mass is 626 g/mol. The lowest BCUT2D eigenvalue weighted by Gasteiger charge is -2.15. The smallest absolute Gasteiger partial charge is 0.152 e. The Bertz CT molecular complexity index is 2810. The number of fused-ring (bicyclic) bond motifs is 7. The lowest BCUT2D eigenvalue weighted by atomic mass is 9.99. The molecule has 0 fully saturated rings. The van der Waals surface area contributed by atoms with Crippen LogP contribution in [0.25, 0.3) is 66.1 Å². The van der Waals surface area contributed by atoms with Crippen LogP contribution in [-0.2, 0) is 0 Å². The molecule has 0 saturated carbocycles. The normalized spacial score (nSPS) is 11.3. The Balaban J connectivity index is 1.49. The molecule has 9 rings (SSSR count). The molecule has 0 saturated heterocycles. The lowest BCUT2D eigenvalue weighted by molar-refractivity contribution is -0.478. The summed E-state index contributed by atoms with van der Waals surface area (Å²) in [6.45, 7) is 0. The maximum absolute atomic E-state index is 10.1. The van der Waals surface area contributed by atoms with E-state index in [9.17, 15) is 10.5 Å². The summed E-state index contributed by atoms with van der Waals surface area (Å²) < 4.78 is 4.64. The van der Waals surface area contributed by atoms with Gasteiger partial charge in [-0.3, -0.25) is 5.32 Å². The van der Waals surface area contributed by atoms with Crippen LogP contribution in [0.5, 0.6) is 0 Å². The van der Waals surface area contributed by atoms with Crippen molar-refractivity contribution >= 4 is 55.0 Å². The summed E-state index contributed by atoms with van der Waals surface area (Å²) in [6.07, 6.45) is 0. The SMILES string of the molecule is N#Cc1ccccc1[NH2+]c1ccc2c3ccc4c(c5ccccc5n4-c4ccccc4C#N)c3n(-c3ccccc3)c2c1-c1ccccc1. The Morgan fingerprint density at radius 1 is 0.449 bits per heavy atom. The van der Waals surface area contributed by atoms with Crippen LogP contribution in [0.15, 0.2) is 158 Å². The third kappa shape index (κ3) is 4.35. The highest BCUT2D eigenvalue weighted by atomic mass is 15.0. The fourth-order valence-corrected chi connectivity index (χ4v) is 7.44. The molecule has 228 valence electrons. The zero-order chi connectivity index (χ0) is 32.9. The maximum Gasteiger partial charge on any atom is 0.152 e. The number of hydrogen-bond acceptors (Lipinski definition) is 2. The van der Waals surface area contributed by atoms with Crippen molar-refractivity contribution in [2.24, 2.45) is 0 Å². The van der Waals surface area contributed by atoms with E-state index in [1.807, 2.05) is 60.7 Å². The van der Waals surface area contributed by atoms with Crippen molar-refractivity contribution in [3.63, 3.8) is 0 Å². The van der Waals surface area contributed by atoms with Crippen LogP contribution in [0.2, 0.25) is 0 Å². The summed E-state index contributed by atoms with van der Waals surface area (Å²) in [5.41, 5.74) is 11.5. The molecule has 0 aliphatic rings. The number of benzene rings is 7. The number of rotatable bonds is 5. The van der Waals surface area contributed by atoms with E-state index in [1.165, 1.54) is 0 Å². The third-order valence-electron chi connectivity index (χ3n) is 9.49. The molecule has 0 aliphatic heterocycles. The highest BCUT2D eigenvalue weighted by Crippen LogP contribution is 2.45. The van der Waals surface area contributed by atoms with Crippen LogP contribution in [0.4, 0.5) is 11.4 Å². The Kier molecular flexibility index (Phi) is 6.59. The maximum atomic E-state index is 10.1. The van der Waals surface area contributed by atoms with Crippen molar-refractivity contribution in [2.75, 3.05) is 0 Å². The highest BCUT2D eigenvalue weighted by Gasteiger charge is 2.26. The first-order chi connectivity index (χ1) is 24.3. The fraction of sp³-hybridized carbons (Fsp3) is 0. The Hall–Kier alpha value is -6.92. The van der Waals surface area contributed by atoms with Crippen molar-refractivity contribution in [1.29, 1.82) is 10.5 Å². The van der Waals surface area contributed by atoms with Gasteiger partial charge < -0.3 is 9.13 Å². The predicted octanol–water partition coefficient (Wildman–Crippen LogP) is 9.82. The molecule has 0 radical (unpaired) electrons. The Morgan fingerprint density at radius 3 is 1.88 bits per heavy atom. The first kappa shape index (κ1) is 28.3. The molecule has 2 aromatic heterocycles. The van der Waals surface area contributed by atoms with Crippen molar-refractivity contribution in [1.82, 2.24) is 9.13 Å². The van der Waals surface area contributed by atoms with Crippen molar-refractivity contribution in [3.8, 4) is 34.6 Å². The summed E-state index contributed by atoms with van der Waals surface area (Å²) in [5.74, 6) is 0. The van der Waals surface area contributed by atoms with E-state index in [2.05, 4.69) is 124 Å². The van der Waals surface area contributed by atoms with Gasteiger partial charge in [-0.1, -0.05) is 97.1 Å². The topological polar surface area (TPSA) is 74.1 Å². The van der Waals surface area contributed by atoms with Gasteiger partial charge in [-0.2, -0.15) is 10.5 Å². The number of nitriles is 2. The lowest BCUT2D eigenvalue weighted by Crippen LogP contribution is -2.71. The summed E-state index contributed by atoms with van der Waals surface area (Å²) in [7, 11) is 0. The van der Waals surface area contributed by atoms with Gasteiger partial charge in [-0.15, -0.1) is 0 Å². The van der Waals surface area contributed by atoms with E-state index >= 15 is 0 Å². The average Bonchev–Trinajstić information content (AvgIpc) is 3.68. The molecule has 7 aromatic carbocycles. The molecule has 2 N–H and O–H groups in total. The van der Waals surface area contributed by atoms with Crippen molar-refractivity contribution < 1.29 is 5.32 Å². The second kappa shape index (κ2) is 11.4. The number of hydrogen-bond donors (Lipinski definition) is 1. The number of quaternary nitrogens is 1. The van der Waals surface area contributed by atoms with Gasteiger partial charge in [0.15, 0.2) is 5.69 Å². The molecule has 9 aromatic rings. The molecule has 0 unspecified atom stereocenters. The number of aromatic nitrogens is 2. The fourth-order valence-electron chi connectivity index (χ4n) is 7.44. The number of nitrogens with zero attached hydrogens (tertiary/aromatic N) is 4. The van der Waals surface area contributed by atoms with Crippen LogP contribution in [0.3, 0.4) is 0 Å². The minimum absolute atomic E-state index is 0.623. The molecule has 0 bridgehead atoms. The van der Waals surface area contributed by atoms with Crippen LogP contribution < -0.4 is 5.32 Å². The van der Waals surface area contributed by atoms with E-state index in [0.717, 1.165) is 77.5 Å². The standard InChI is InChI=1S/C44H27N5/c45-27-30-15-7-10-20-36(30)47-37-25-23-33-34-24-26-40-42(35-19-9-12-22-39(35)49(40)38-21-11-8-16-31(38)28-46)44(34)48(32-17-5-2-6-18-32)43(33)41(37)29-13-3-1-4-14-29/h1-26,47H/p+1. The van der Waals surface area contributed by atoms with Gasteiger partial charge in [0.25, 0.3) is 0 Å². The largest absolute Gasteiger partial charge is 0.308 e. The van der Waals surface area contributed by atoms with Gasteiger partial charge in [0.05, 0.1) is 38.9 Å². The van der Waals surface area contributed by atoms with Crippen molar-refractivity contribution in [2.45, 2.75) is 0 Å². The zero-order valence-corrected chi connectivity index (χ0v) is 26.4. The Morgan fingerprint density at radius 2 is 1.08 bits per heavy atom. The summed E-state index contributed by atoms with van der Waals surface area (Å²) in [4.78, 5) is 0. The van der Waals surface area contributed by atoms with Crippen molar-refractivity contribution in [3.05, 3.63) is 169 Å². The summed E-state index contributed by atoms with van der Waals surface area (Å²) in [6, 6.07) is 58.7.